The second kappa shape index (κ2) is 9.68. The highest BCUT2D eigenvalue weighted by molar-refractivity contribution is 5.92. The van der Waals surface area contributed by atoms with Crippen LogP contribution in [0.5, 0.6) is 0 Å². The van der Waals surface area contributed by atoms with Gasteiger partial charge in [-0.15, -0.1) is 0 Å². The first kappa shape index (κ1) is 21.1. The summed E-state index contributed by atoms with van der Waals surface area (Å²) in [6.07, 6.45) is 2.12. The first-order valence-corrected chi connectivity index (χ1v) is 8.97. The lowest BCUT2D eigenvalue weighted by atomic mass is 10.0. The minimum atomic E-state index is -0.771. The summed E-state index contributed by atoms with van der Waals surface area (Å²) >= 11 is 0. The average molecular weight is 387 g/mol. The molecule has 0 fully saturated rings. The monoisotopic (exact) mass is 387 g/mol. The van der Waals surface area contributed by atoms with Crippen LogP contribution in [0.3, 0.4) is 0 Å². The fourth-order valence-corrected chi connectivity index (χ4v) is 2.66. The van der Waals surface area contributed by atoms with E-state index in [-0.39, 0.29) is 5.92 Å². The number of rotatable bonds is 8. The van der Waals surface area contributed by atoms with Gasteiger partial charge in [-0.2, -0.15) is 5.10 Å². The Kier molecular flexibility index (Phi) is 7.31. The van der Waals surface area contributed by atoms with E-state index in [1.807, 2.05) is 26.8 Å². The molecule has 2 aromatic rings. The quantitative estimate of drug-likeness (QED) is 0.696. The first-order valence-electron chi connectivity index (χ1n) is 8.97. The van der Waals surface area contributed by atoms with Crippen LogP contribution in [-0.4, -0.2) is 47.4 Å². The molecule has 0 aliphatic rings. The van der Waals surface area contributed by atoms with E-state index in [4.69, 9.17) is 9.47 Å². The minimum Gasteiger partial charge on any atom is -0.467 e. The smallest absolute Gasteiger partial charge is 0.338 e. The molecule has 0 unspecified atom stereocenters. The van der Waals surface area contributed by atoms with Gasteiger partial charge in [0.25, 0.3) is 5.91 Å². The molecular weight excluding hydrogens is 362 g/mol. The fraction of sp³-hybridized carbons (Fsp3) is 0.400. The van der Waals surface area contributed by atoms with Crippen LogP contribution in [0.15, 0.2) is 36.5 Å². The maximum absolute atomic E-state index is 12.2. The molecule has 0 bridgehead atoms. The van der Waals surface area contributed by atoms with Gasteiger partial charge in [0.2, 0.25) is 0 Å². The zero-order valence-corrected chi connectivity index (χ0v) is 16.5. The number of hydrogen-bond donors (Lipinski definition) is 1. The normalized spacial score (nSPS) is 11.8. The lowest BCUT2D eigenvalue weighted by Gasteiger charge is -2.18. The van der Waals surface area contributed by atoms with Crippen molar-refractivity contribution in [3.05, 3.63) is 47.8 Å². The second-order valence-electron chi connectivity index (χ2n) is 6.78. The molecule has 1 heterocycles. The van der Waals surface area contributed by atoms with E-state index in [1.165, 1.54) is 7.11 Å². The van der Waals surface area contributed by atoms with Gasteiger partial charge >= 0.3 is 11.9 Å². The summed E-state index contributed by atoms with van der Waals surface area (Å²) in [5.41, 5.74) is 2.09. The number of benzene rings is 1. The van der Waals surface area contributed by atoms with Crippen molar-refractivity contribution in [1.29, 1.82) is 0 Å². The standard InChI is InChI=1S/C20H25N3O5/c1-13(2)11-17(20(26)27-4)22-18(24)12-28-19(25)15-5-7-16(8-6-15)23-14(3)9-10-21-23/h5-10,13,17H,11-12H2,1-4H3,(H,22,24)/t17-/m1/s1. The summed E-state index contributed by atoms with van der Waals surface area (Å²) in [6, 6.07) is 7.80. The number of carbonyl (C=O) groups excluding carboxylic acids is 3. The molecule has 0 radical (unpaired) electrons. The molecule has 1 N–H and O–H groups in total. The predicted octanol–water partition coefficient (Wildman–Crippen LogP) is 2.04. The summed E-state index contributed by atoms with van der Waals surface area (Å²) < 4.78 is 11.5. The third-order valence-electron chi connectivity index (χ3n) is 4.04. The number of methoxy groups -OCH3 is 1. The Morgan fingerprint density at radius 2 is 1.82 bits per heavy atom. The van der Waals surface area contributed by atoms with E-state index in [0.29, 0.717) is 12.0 Å². The Hall–Kier alpha value is -3.16. The summed E-state index contributed by atoms with van der Waals surface area (Å²) in [5.74, 6) is -1.53. The van der Waals surface area contributed by atoms with Crippen molar-refractivity contribution >= 4 is 17.8 Å². The number of carbonyl (C=O) groups is 3. The Morgan fingerprint density at radius 1 is 1.14 bits per heavy atom. The molecule has 0 saturated carbocycles. The van der Waals surface area contributed by atoms with Gasteiger partial charge in [-0.1, -0.05) is 13.8 Å². The summed E-state index contributed by atoms with van der Waals surface area (Å²) in [4.78, 5) is 35.9. The van der Waals surface area contributed by atoms with Gasteiger partial charge in [-0.05, 0) is 49.6 Å². The average Bonchev–Trinajstić information content (AvgIpc) is 3.10. The highest BCUT2D eigenvalue weighted by Crippen LogP contribution is 2.12. The molecule has 0 aliphatic carbocycles. The van der Waals surface area contributed by atoms with Gasteiger partial charge in [-0.25, -0.2) is 14.3 Å². The Balaban J connectivity index is 1.91. The molecule has 28 heavy (non-hydrogen) atoms. The highest BCUT2D eigenvalue weighted by Gasteiger charge is 2.23. The SMILES string of the molecule is COC(=O)[C@@H](CC(C)C)NC(=O)COC(=O)c1ccc(-n2nccc2C)cc1. The number of ether oxygens (including phenoxy) is 2. The van der Waals surface area contributed by atoms with Crippen molar-refractivity contribution in [2.75, 3.05) is 13.7 Å². The topological polar surface area (TPSA) is 99.5 Å². The van der Waals surface area contributed by atoms with Crippen molar-refractivity contribution < 1.29 is 23.9 Å². The predicted molar refractivity (Wildman–Crippen MR) is 102 cm³/mol. The van der Waals surface area contributed by atoms with E-state index in [2.05, 4.69) is 10.4 Å². The molecule has 1 aromatic carbocycles. The zero-order chi connectivity index (χ0) is 20.7. The Labute approximate surface area is 163 Å². The van der Waals surface area contributed by atoms with Crippen molar-refractivity contribution in [2.24, 2.45) is 5.92 Å². The van der Waals surface area contributed by atoms with E-state index < -0.39 is 30.5 Å². The number of nitrogens with one attached hydrogen (secondary N) is 1. The number of hydrogen-bond acceptors (Lipinski definition) is 6. The molecule has 1 aromatic heterocycles. The van der Waals surface area contributed by atoms with Gasteiger partial charge in [0.05, 0.1) is 18.4 Å². The van der Waals surface area contributed by atoms with Gasteiger partial charge in [0.1, 0.15) is 6.04 Å². The summed E-state index contributed by atoms with van der Waals surface area (Å²) in [6.45, 7) is 5.30. The van der Waals surface area contributed by atoms with Crippen LogP contribution < -0.4 is 5.32 Å². The van der Waals surface area contributed by atoms with Gasteiger partial charge in [0.15, 0.2) is 6.61 Å². The van der Waals surface area contributed by atoms with Crippen LogP contribution in [0, 0.1) is 12.8 Å². The van der Waals surface area contributed by atoms with E-state index >= 15 is 0 Å². The maximum atomic E-state index is 12.2. The van der Waals surface area contributed by atoms with Crippen LogP contribution in [0.4, 0.5) is 0 Å². The first-order chi connectivity index (χ1) is 13.3. The van der Waals surface area contributed by atoms with Gasteiger partial charge < -0.3 is 14.8 Å². The third-order valence-corrected chi connectivity index (χ3v) is 4.04. The molecule has 8 nitrogen and oxygen atoms in total. The van der Waals surface area contributed by atoms with Crippen LogP contribution in [0.1, 0.15) is 36.3 Å². The minimum absolute atomic E-state index is 0.184. The van der Waals surface area contributed by atoms with Crippen LogP contribution in [-0.2, 0) is 19.1 Å². The van der Waals surface area contributed by atoms with Crippen LogP contribution >= 0.6 is 0 Å². The molecular formula is C20H25N3O5. The molecule has 1 atom stereocenters. The van der Waals surface area contributed by atoms with Crippen molar-refractivity contribution in [3.63, 3.8) is 0 Å². The Morgan fingerprint density at radius 3 is 2.36 bits per heavy atom. The molecule has 0 aliphatic heterocycles. The largest absolute Gasteiger partial charge is 0.467 e. The van der Waals surface area contributed by atoms with E-state index in [1.54, 1.807) is 35.1 Å². The fourth-order valence-electron chi connectivity index (χ4n) is 2.66. The van der Waals surface area contributed by atoms with Crippen molar-refractivity contribution in [2.45, 2.75) is 33.2 Å². The number of esters is 2. The summed E-state index contributed by atoms with van der Waals surface area (Å²) in [5, 5.41) is 6.74. The molecule has 2 rings (SSSR count). The third kappa shape index (κ3) is 5.67. The molecule has 150 valence electrons. The number of amides is 1. The van der Waals surface area contributed by atoms with Crippen molar-refractivity contribution in [1.82, 2.24) is 15.1 Å². The number of nitrogens with zero attached hydrogens (tertiary/aromatic N) is 2. The lowest BCUT2D eigenvalue weighted by molar-refractivity contribution is -0.145. The van der Waals surface area contributed by atoms with E-state index in [0.717, 1.165) is 11.4 Å². The second-order valence-corrected chi connectivity index (χ2v) is 6.78. The molecule has 8 heteroatoms. The number of aryl methyl sites for hydroxylation is 1. The van der Waals surface area contributed by atoms with Crippen LogP contribution in [0.2, 0.25) is 0 Å². The lowest BCUT2D eigenvalue weighted by Crippen LogP contribution is -2.44. The molecule has 0 saturated heterocycles. The van der Waals surface area contributed by atoms with Crippen LogP contribution in [0.25, 0.3) is 5.69 Å². The molecule has 1 amide bonds. The highest BCUT2D eigenvalue weighted by atomic mass is 16.5. The van der Waals surface area contributed by atoms with Crippen molar-refractivity contribution in [3.8, 4) is 5.69 Å². The number of aromatic nitrogens is 2. The molecule has 0 spiro atoms. The van der Waals surface area contributed by atoms with E-state index in [9.17, 15) is 14.4 Å². The van der Waals surface area contributed by atoms with Gasteiger partial charge in [0, 0.05) is 11.9 Å². The zero-order valence-electron chi connectivity index (χ0n) is 16.5. The summed E-state index contributed by atoms with van der Waals surface area (Å²) in [7, 11) is 1.26. The maximum Gasteiger partial charge on any atom is 0.338 e. The Bertz CT molecular complexity index is 827. The van der Waals surface area contributed by atoms with Gasteiger partial charge in [-0.3, -0.25) is 4.79 Å².